The van der Waals surface area contributed by atoms with E-state index in [1.807, 2.05) is 0 Å². The Morgan fingerprint density at radius 2 is 2.42 bits per heavy atom. The Balaban J connectivity index is 2.03. The first-order chi connectivity index (χ1) is 5.86. The zero-order chi connectivity index (χ0) is 8.81. The summed E-state index contributed by atoms with van der Waals surface area (Å²) in [6.45, 7) is 5.32. The molecule has 3 heteroatoms. The van der Waals surface area contributed by atoms with Gasteiger partial charge in [-0.05, 0) is 31.8 Å². The maximum Gasteiger partial charge on any atom is 0.0474 e. The molecule has 12 heavy (non-hydrogen) atoms. The van der Waals surface area contributed by atoms with Crippen LogP contribution in [0.5, 0.6) is 0 Å². The van der Waals surface area contributed by atoms with Crippen molar-refractivity contribution in [3.05, 3.63) is 0 Å². The molecule has 1 aliphatic heterocycles. The summed E-state index contributed by atoms with van der Waals surface area (Å²) in [4.78, 5) is 2.48. The number of nitrogens with zero attached hydrogens (tertiary/aromatic N) is 1. The van der Waals surface area contributed by atoms with E-state index in [9.17, 15) is 0 Å². The lowest BCUT2D eigenvalue weighted by Crippen LogP contribution is -2.24. The molecule has 0 aromatic rings. The molecule has 1 saturated heterocycles. The third kappa shape index (κ3) is 3.09. The highest BCUT2D eigenvalue weighted by molar-refractivity contribution is 4.75. The molecule has 1 aliphatic rings. The number of ether oxygens (including phenoxy) is 1. The molecular formula is C9H20N2O. The van der Waals surface area contributed by atoms with Crippen molar-refractivity contribution in [2.45, 2.75) is 12.8 Å². The Bertz CT molecular complexity index is 119. The molecule has 3 nitrogen and oxygen atoms in total. The van der Waals surface area contributed by atoms with Crippen molar-refractivity contribution in [3.63, 3.8) is 0 Å². The summed E-state index contributed by atoms with van der Waals surface area (Å²) in [7, 11) is 1.76. The molecule has 1 atom stereocenters. The number of hydrogen-bond acceptors (Lipinski definition) is 3. The average molecular weight is 172 g/mol. The van der Waals surface area contributed by atoms with Gasteiger partial charge in [-0.3, -0.25) is 0 Å². The smallest absolute Gasteiger partial charge is 0.0474 e. The van der Waals surface area contributed by atoms with Crippen LogP contribution >= 0.6 is 0 Å². The predicted molar refractivity (Wildman–Crippen MR) is 50.1 cm³/mol. The summed E-state index contributed by atoms with van der Waals surface area (Å²) in [6, 6.07) is 0. The van der Waals surface area contributed by atoms with Gasteiger partial charge in [-0.25, -0.2) is 0 Å². The lowest BCUT2D eigenvalue weighted by molar-refractivity contribution is 0.178. The first-order valence-corrected chi connectivity index (χ1v) is 4.78. The van der Waals surface area contributed by atoms with E-state index in [0.29, 0.717) is 0 Å². The molecular weight excluding hydrogens is 152 g/mol. The zero-order valence-corrected chi connectivity index (χ0v) is 7.96. The summed E-state index contributed by atoms with van der Waals surface area (Å²) in [6.07, 6.45) is 2.43. The fraction of sp³-hybridized carbons (Fsp3) is 1.00. The minimum Gasteiger partial charge on any atom is -0.385 e. The van der Waals surface area contributed by atoms with Crippen LogP contribution in [0.4, 0.5) is 0 Å². The van der Waals surface area contributed by atoms with Crippen LogP contribution in [-0.4, -0.2) is 44.8 Å². The Morgan fingerprint density at radius 1 is 1.58 bits per heavy atom. The highest BCUT2D eigenvalue weighted by Crippen LogP contribution is 2.14. The van der Waals surface area contributed by atoms with E-state index < -0.39 is 0 Å². The van der Waals surface area contributed by atoms with Crippen molar-refractivity contribution in [3.8, 4) is 0 Å². The number of hydrogen-bond donors (Lipinski definition) is 1. The minimum atomic E-state index is 0.743. The summed E-state index contributed by atoms with van der Waals surface area (Å²) in [5.41, 5.74) is 5.60. The Morgan fingerprint density at radius 3 is 3.00 bits per heavy atom. The van der Waals surface area contributed by atoms with Crippen LogP contribution in [0.25, 0.3) is 0 Å². The quantitative estimate of drug-likeness (QED) is 0.606. The van der Waals surface area contributed by atoms with Gasteiger partial charge in [0.25, 0.3) is 0 Å². The normalized spacial score (nSPS) is 25.0. The molecule has 72 valence electrons. The maximum absolute atomic E-state index is 5.60. The van der Waals surface area contributed by atoms with Gasteiger partial charge in [-0.1, -0.05) is 0 Å². The minimum absolute atomic E-state index is 0.743. The molecule has 1 unspecified atom stereocenters. The summed E-state index contributed by atoms with van der Waals surface area (Å²) in [5.74, 6) is 0.743. The SMILES string of the molecule is COCCCN1CCC(CN)C1. The monoisotopic (exact) mass is 172 g/mol. The van der Waals surface area contributed by atoms with Gasteiger partial charge in [-0.15, -0.1) is 0 Å². The molecule has 1 rings (SSSR count). The molecule has 0 aromatic heterocycles. The third-order valence-electron chi connectivity index (χ3n) is 2.53. The molecule has 0 amide bonds. The summed E-state index contributed by atoms with van der Waals surface area (Å²) in [5, 5.41) is 0. The van der Waals surface area contributed by atoms with Crippen molar-refractivity contribution in [1.29, 1.82) is 0 Å². The molecule has 1 heterocycles. The van der Waals surface area contributed by atoms with E-state index in [1.165, 1.54) is 26.1 Å². The van der Waals surface area contributed by atoms with Gasteiger partial charge in [0.1, 0.15) is 0 Å². The van der Waals surface area contributed by atoms with Crippen LogP contribution in [0.2, 0.25) is 0 Å². The van der Waals surface area contributed by atoms with Gasteiger partial charge < -0.3 is 15.4 Å². The molecule has 0 spiro atoms. The van der Waals surface area contributed by atoms with Gasteiger partial charge in [0.15, 0.2) is 0 Å². The average Bonchev–Trinajstić information content (AvgIpc) is 2.53. The van der Waals surface area contributed by atoms with Gasteiger partial charge in [0, 0.05) is 26.8 Å². The van der Waals surface area contributed by atoms with E-state index in [2.05, 4.69) is 4.90 Å². The third-order valence-corrected chi connectivity index (χ3v) is 2.53. The van der Waals surface area contributed by atoms with Crippen molar-refractivity contribution >= 4 is 0 Å². The molecule has 2 N–H and O–H groups in total. The highest BCUT2D eigenvalue weighted by atomic mass is 16.5. The summed E-state index contributed by atoms with van der Waals surface area (Å²) >= 11 is 0. The first kappa shape index (κ1) is 9.96. The van der Waals surface area contributed by atoms with Gasteiger partial charge in [0.05, 0.1) is 0 Å². The van der Waals surface area contributed by atoms with Crippen molar-refractivity contribution in [2.24, 2.45) is 11.7 Å². The van der Waals surface area contributed by atoms with Crippen LogP contribution in [0, 0.1) is 5.92 Å². The standard InChI is InChI=1S/C9H20N2O/c1-12-6-2-4-11-5-3-9(7-10)8-11/h9H,2-8,10H2,1H3. The summed E-state index contributed by atoms with van der Waals surface area (Å²) < 4.78 is 5.00. The van der Waals surface area contributed by atoms with Gasteiger partial charge in [0.2, 0.25) is 0 Å². The second kappa shape index (κ2) is 5.51. The fourth-order valence-electron chi connectivity index (χ4n) is 1.74. The largest absolute Gasteiger partial charge is 0.385 e. The highest BCUT2D eigenvalue weighted by Gasteiger charge is 2.19. The van der Waals surface area contributed by atoms with Gasteiger partial charge >= 0.3 is 0 Å². The first-order valence-electron chi connectivity index (χ1n) is 4.78. The Labute approximate surface area is 74.9 Å². The van der Waals surface area contributed by atoms with Gasteiger partial charge in [-0.2, -0.15) is 0 Å². The molecule has 0 aliphatic carbocycles. The van der Waals surface area contributed by atoms with E-state index in [0.717, 1.165) is 25.5 Å². The van der Waals surface area contributed by atoms with Crippen LogP contribution in [-0.2, 0) is 4.74 Å². The molecule has 0 aromatic carbocycles. The van der Waals surface area contributed by atoms with E-state index in [4.69, 9.17) is 10.5 Å². The van der Waals surface area contributed by atoms with Crippen LogP contribution < -0.4 is 5.73 Å². The van der Waals surface area contributed by atoms with E-state index >= 15 is 0 Å². The maximum atomic E-state index is 5.60. The molecule has 0 bridgehead atoms. The topological polar surface area (TPSA) is 38.5 Å². The van der Waals surface area contributed by atoms with E-state index in [1.54, 1.807) is 7.11 Å². The fourth-order valence-corrected chi connectivity index (χ4v) is 1.74. The predicted octanol–water partition coefficient (Wildman–Crippen LogP) is 0.304. The Hall–Kier alpha value is -0.120. The van der Waals surface area contributed by atoms with Crippen LogP contribution in [0.15, 0.2) is 0 Å². The second-order valence-electron chi connectivity index (χ2n) is 3.54. The zero-order valence-electron chi connectivity index (χ0n) is 7.96. The molecule has 0 saturated carbocycles. The van der Waals surface area contributed by atoms with E-state index in [-0.39, 0.29) is 0 Å². The lowest BCUT2D eigenvalue weighted by Gasteiger charge is -2.14. The Kier molecular flexibility index (Phi) is 4.58. The number of rotatable bonds is 5. The molecule has 0 radical (unpaired) electrons. The number of likely N-dealkylation sites (tertiary alicyclic amines) is 1. The number of nitrogens with two attached hydrogens (primary N) is 1. The number of methoxy groups -OCH3 is 1. The van der Waals surface area contributed by atoms with Crippen molar-refractivity contribution < 1.29 is 4.74 Å². The molecule has 1 fully saturated rings. The van der Waals surface area contributed by atoms with Crippen molar-refractivity contribution in [1.82, 2.24) is 4.90 Å². The van der Waals surface area contributed by atoms with Crippen molar-refractivity contribution in [2.75, 3.05) is 39.9 Å². The van der Waals surface area contributed by atoms with Crippen LogP contribution in [0.3, 0.4) is 0 Å². The second-order valence-corrected chi connectivity index (χ2v) is 3.54. The lowest BCUT2D eigenvalue weighted by atomic mass is 10.1. The van der Waals surface area contributed by atoms with Crippen LogP contribution in [0.1, 0.15) is 12.8 Å².